The molecule has 0 radical (unpaired) electrons. The number of hydrazone groups is 1. The highest BCUT2D eigenvalue weighted by atomic mass is 16.2. The van der Waals surface area contributed by atoms with E-state index in [1.165, 1.54) is 11.4 Å². The number of amides is 1. The SMILES string of the molecule is C/C(=N\NC(=O)c1ccncc1)c1ccc(-n2c(C)ccc2C)cc1. The molecule has 2 heterocycles. The average Bonchev–Trinajstić information content (AvgIpc) is 2.98. The lowest BCUT2D eigenvalue weighted by Gasteiger charge is -2.10. The van der Waals surface area contributed by atoms with Gasteiger partial charge in [-0.05, 0) is 62.7 Å². The monoisotopic (exact) mass is 332 g/mol. The van der Waals surface area contributed by atoms with Crippen LogP contribution in [-0.4, -0.2) is 21.2 Å². The normalized spacial score (nSPS) is 11.4. The molecule has 1 N–H and O–H groups in total. The Kier molecular flexibility index (Phi) is 4.75. The minimum Gasteiger partial charge on any atom is -0.319 e. The Bertz CT molecular complexity index is 889. The second-order valence-corrected chi connectivity index (χ2v) is 5.87. The van der Waals surface area contributed by atoms with Crippen molar-refractivity contribution >= 4 is 11.6 Å². The highest BCUT2D eigenvalue weighted by molar-refractivity contribution is 6.00. The molecule has 0 fully saturated rings. The van der Waals surface area contributed by atoms with Crippen LogP contribution in [0.5, 0.6) is 0 Å². The summed E-state index contributed by atoms with van der Waals surface area (Å²) >= 11 is 0. The first-order chi connectivity index (χ1) is 12.1. The maximum atomic E-state index is 12.0. The van der Waals surface area contributed by atoms with Gasteiger partial charge in [-0.15, -0.1) is 0 Å². The lowest BCUT2D eigenvalue weighted by Crippen LogP contribution is -2.19. The lowest BCUT2D eigenvalue weighted by atomic mass is 10.1. The molecule has 0 aliphatic heterocycles. The third-order valence-electron chi connectivity index (χ3n) is 4.08. The summed E-state index contributed by atoms with van der Waals surface area (Å²) in [6.45, 7) is 6.04. The van der Waals surface area contributed by atoms with E-state index in [0.717, 1.165) is 17.0 Å². The van der Waals surface area contributed by atoms with Gasteiger partial charge in [0.25, 0.3) is 5.91 Å². The van der Waals surface area contributed by atoms with Gasteiger partial charge in [0.2, 0.25) is 0 Å². The maximum Gasteiger partial charge on any atom is 0.271 e. The maximum absolute atomic E-state index is 12.0. The van der Waals surface area contributed by atoms with Crippen LogP contribution < -0.4 is 5.43 Å². The number of carbonyl (C=O) groups is 1. The van der Waals surface area contributed by atoms with Crippen LogP contribution in [0.2, 0.25) is 0 Å². The number of nitrogens with one attached hydrogen (secondary N) is 1. The van der Waals surface area contributed by atoms with Gasteiger partial charge in [-0.3, -0.25) is 9.78 Å². The third kappa shape index (κ3) is 3.66. The zero-order chi connectivity index (χ0) is 17.8. The van der Waals surface area contributed by atoms with Gasteiger partial charge < -0.3 is 4.57 Å². The first-order valence-corrected chi connectivity index (χ1v) is 8.06. The zero-order valence-corrected chi connectivity index (χ0v) is 14.5. The molecule has 3 aromatic rings. The molecule has 0 atom stereocenters. The van der Waals surface area contributed by atoms with Crippen LogP contribution in [-0.2, 0) is 0 Å². The van der Waals surface area contributed by atoms with Crippen LogP contribution >= 0.6 is 0 Å². The number of carbonyl (C=O) groups excluding carboxylic acids is 1. The van der Waals surface area contributed by atoms with Gasteiger partial charge in [-0.25, -0.2) is 5.43 Å². The van der Waals surface area contributed by atoms with Crippen molar-refractivity contribution in [3.63, 3.8) is 0 Å². The molecule has 2 aromatic heterocycles. The van der Waals surface area contributed by atoms with Crippen molar-refractivity contribution < 1.29 is 4.79 Å². The van der Waals surface area contributed by atoms with Crippen molar-refractivity contribution in [2.45, 2.75) is 20.8 Å². The van der Waals surface area contributed by atoms with E-state index < -0.39 is 0 Å². The summed E-state index contributed by atoms with van der Waals surface area (Å²) in [4.78, 5) is 15.9. The predicted molar refractivity (Wildman–Crippen MR) is 99.2 cm³/mol. The fourth-order valence-electron chi connectivity index (χ4n) is 2.69. The van der Waals surface area contributed by atoms with Crippen LogP contribution in [0.25, 0.3) is 5.69 Å². The molecule has 0 aliphatic carbocycles. The smallest absolute Gasteiger partial charge is 0.271 e. The largest absolute Gasteiger partial charge is 0.319 e. The van der Waals surface area contributed by atoms with Gasteiger partial charge in [0.1, 0.15) is 0 Å². The summed E-state index contributed by atoms with van der Waals surface area (Å²) in [5.41, 5.74) is 8.30. The molecule has 25 heavy (non-hydrogen) atoms. The lowest BCUT2D eigenvalue weighted by molar-refractivity contribution is 0.0954. The van der Waals surface area contributed by atoms with Gasteiger partial charge in [-0.2, -0.15) is 5.10 Å². The molecule has 126 valence electrons. The van der Waals surface area contributed by atoms with E-state index in [1.807, 2.05) is 19.1 Å². The minimum atomic E-state index is -0.253. The number of rotatable bonds is 4. The Labute approximate surface area is 147 Å². The van der Waals surface area contributed by atoms with Crippen molar-refractivity contribution in [2.75, 3.05) is 0 Å². The van der Waals surface area contributed by atoms with Crippen molar-refractivity contribution in [3.8, 4) is 5.69 Å². The first-order valence-electron chi connectivity index (χ1n) is 8.06. The van der Waals surface area contributed by atoms with E-state index in [4.69, 9.17) is 0 Å². The van der Waals surface area contributed by atoms with Gasteiger partial charge >= 0.3 is 0 Å². The number of nitrogens with zero attached hydrogens (tertiary/aromatic N) is 3. The molecule has 0 aliphatic rings. The van der Waals surface area contributed by atoms with Crippen molar-refractivity contribution in [1.82, 2.24) is 15.0 Å². The molecule has 0 saturated heterocycles. The molecule has 0 bridgehead atoms. The standard InChI is InChI=1S/C20H20N4O/c1-14-4-5-15(2)24(14)19-8-6-17(7-9-19)16(3)22-23-20(25)18-10-12-21-13-11-18/h4-13H,1-3H3,(H,23,25)/b22-16+. The molecular weight excluding hydrogens is 312 g/mol. The number of hydrogen-bond donors (Lipinski definition) is 1. The molecule has 0 saturated carbocycles. The highest BCUT2D eigenvalue weighted by Crippen LogP contribution is 2.17. The van der Waals surface area contributed by atoms with Crippen LogP contribution in [0.1, 0.15) is 34.2 Å². The summed E-state index contributed by atoms with van der Waals surface area (Å²) < 4.78 is 2.20. The van der Waals surface area contributed by atoms with Crippen molar-refractivity contribution in [2.24, 2.45) is 5.10 Å². The van der Waals surface area contributed by atoms with Gasteiger partial charge in [-0.1, -0.05) is 12.1 Å². The summed E-state index contributed by atoms with van der Waals surface area (Å²) in [5.74, 6) is -0.253. The van der Waals surface area contributed by atoms with Gasteiger partial charge in [0.05, 0.1) is 5.71 Å². The number of pyridine rings is 1. The second-order valence-electron chi connectivity index (χ2n) is 5.87. The number of aryl methyl sites for hydroxylation is 2. The van der Waals surface area contributed by atoms with Crippen LogP contribution in [0.4, 0.5) is 0 Å². The first kappa shape index (κ1) is 16.6. The topological polar surface area (TPSA) is 59.3 Å². The summed E-state index contributed by atoms with van der Waals surface area (Å²) in [5, 5.41) is 4.19. The molecule has 5 nitrogen and oxygen atoms in total. The molecule has 5 heteroatoms. The Morgan fingerprint density at radius 2 is 1.52 bits per heavy atom. The van der Waals surface area contributed by atoms with Crippen LogP contribution in [0, 0.1) is 13.8 Å². The van der Waals surface area contributed by atoms with Crippen molar-refractivity contribution in [3.05, 3.63) is 83.4 Å². The molecule has 0 unspecified atom stereocenters. The third-order valence-corrected chi connectivity index (χ3v) is 4.08. The summed E-state index contributed by atoms with van der Waals surface area (Å²) in [6.07, 6.45) is 3.16. The van der Waals surface area contributed by atoms with E-state index in [2.05, 4.69) is 58.2 Å². The second kappa shape index (κ2) is 7.13. The van der Waals surface area contributed by atoms with Gasteiger partial charge in [0, 0.05) is 35.0 Å². The van der Waals surface area contributed by atoms with Crippen molar-refractivity contribution in [1.29, 1.82) is 0 Å². The van der Waals surface area contributed by atoms with Crippen LogP contribution in [0.3, 0.4) is 0 Å². The molecule has 1 aromatic carbocycles. The predicted octanol–water partition coefficient (Wildman–Crippen LogP) is 3.64. The van der Waals surface area contributed by atoms with E-state index in [9.17, 15) is 4.79 Å². The van der Waals surface area contributed by atoms with E-state index in [0.29, 0.717) is 5.56 Å². The molecular formula is C20H20N4O. The fraction of sp³-hybridized carbons (Fsp3) is 0.150. The Balaban J connectivity index is 1.74. The molecule has 3 rings (SSSR count). The minimum absolute atomic E-state index is 0.253. The Morgan fingerprint density at radius 3 is 2.12 bits per heavy atom. The quantitative estimate of drug-likeness (QED) is 0.586. The highest BCUT2D eigenvalue weighted by Gasteiger charge is 2.06. The zero-order valence-electron chi connectivity index (χ0n) is 14.5. The summed E-state index contributed by atoms with van der Waals surface area (Å²) in [6, 6.07) is 15.6. The number of hydrogen-bond acceptors (Lipinski definition) is 3. The number of benzene rings is 1. The van der Waals surface area contributed by atoms with E-state index in [-0.39, 0.29) is 5.91 Å². The molecule has 0 spiro atoms. The van der Waals surface area contributed by atoms with Crippen LogP contribution in [0.15, 0.2) is 66.0 Å². The Morgan fingerprint density at radius 1 is 0.920 bits per heavy atom. The average molecular weight is 332 g/mol. The number of aromatic nitrogens is 2. The Hall–Kier alpha value is -3.21. The molecule has 1 amide bonds. The van der Waals surface area contributed by atoms with E-state index >= 15 is 0 Å². The van der Waals surface area contributed by atoms with Gasteiger partial charge in [0.15, 0.2) is 0 Å². The van der Waals surface area contributed by atoms with E-state index in [1.54, 1.807) is 24.5 Å². The summed E-state index contributed by atoms with van der Waals surface area (Å²) in [7, 11) is 0. The fourth-order valence-corrected chi connectivity index (χ4v) is 2.69.